The molecule has 2 rings (SSSR count). The van der Waals surface area contributed by atoms with Crippen LogP contribution in [0.5, 0.6) is 5.75 Å². The van der Waals surface area contributed by atoms with Gasteiger partial charge in [-0.25, -0.2) is 5.10 Å². The molecule has 0 aliphatic carbocycles. The molecule has 0 spiro atoms. The van der Waals surface area contributed by atoms with Crippen molar-refractivity contribution in [2.45, 2.75) is 6.42 Å². The molecule has 1 heterocycles. The SMILES string of the molecule is COc1ccc(Cc2ccc(=O)[nH]n2)cc1. The molecule has 0 atom stereocenters. The van der Waals surface area contributed by atoms with Crippen molar-refractivity contribution in [3.63, 3.8) is 0 Å². The lowest BCUT2D eigenvalue weighted by Crippen LogP contribution is -2.07. The Morgan fingerprint density at radius 2 is 1.94 bits per heavy atom. The number of benzene rings is 1. The third-order valence-corrected chi connectivity index (χ3v) is 2.28. The van der Waals surface area contributed by atoms with Crippen LogP contribution in [0.2, 0.25) is 0 Å². The minimum absolute atomic E-state index is 0.182. The van der Waals surface area contributed by atoms with Gasteiger partial charge < -0.3 is 4.74 Å². The molecule has 4 nitrogen and oxygen atoms in total. The number of aromatic nitrogens is 2. The van der Waals surface area contributed by atoms with Crippen LogP contribution in [0.3, 0.4) is 0 Å². The normalized spacial score (nSPS) is 10.1. The molecule has 0 saturated carbocycles. The van der Waals surface area contributed by atoms with Crippen molar-refractivity contribution in [2.24, 2.45) is 0 Å². The van der Waals surface area contributed by atoms with Gasteiger partial charge in [-0.2, -0.15) is 5.10 Å². The number of rotatable bonds is 3. The number of nitrogens with zero attached hydrogens (tertiary/aromatic N) is 1. The second-order valence-electron chi connectivity index (χ2n) is 3.44. The van der Waals surface area contributed by atoms with Crippen molar-refractivity contribution in [1.82, 2.24) is 10.2 Å². The Balaban J connectivity index is 2.14. The fourth-order valence-corrected chi connectivity index (χ4v) is 1.42. The molecule has 4 heteroatoms. The van der Waals surface area contributed by atoms with Gasteiger partial charge in [0.25, 0.3) is 5.56 Å². The molecule has 1 aromatic carbocycles. The van der Waals surface area contributed by atoms with Crippen molar-refractivity contribution in [3.05, 3.63) is 58.0 Å². The molecular formula is C12H12N2O2. The lowest BCUT2D eigenvalue weighted by Gasteiger charge is -2.02. The number of nitrogens with one attached hydrogen (secondary N) is 1. The van der Waals surface area contributed by atoms with Crippen molar-refractivity contribution in [2.75, 3.05) is 7.11 Å². The third-order valence-electron chi connectivity index (χ3n) is 2.28. The standard InChI is InChI=1S/C12H12N2O2/c1-16-11-5-2-9(3-6-11)8-10-4-7-12(15)14-13-10/h2-7H,8H2,1H3,(H,14,15). The van der Waals surface area contributed by atoms with E-state index in [4.69, 9.17) is 4.74 Å². The largest absolute Gasteiger partial charge is 0.497 e. The number of hydrogen-bond acceptors (Lipinski definition) is 3. The number of ether oxygens (including phenoxy) is 1. The maximum absolute atomic E-state index is 10.8. The summed E-state index contributed by atoms with van der Waals surface area (Å²) in [6.07, 6.45) is 0.695. The van der Waals surface area contributed by atoms with Crippen molar-refractivity contribution >= 4 is 0 Å². The summed E-state index contributed by atoms with van der Waals surface area (Å²) in [5.41, 5.74) is 1.78. The molecule has 0 aliphatic heterocycles. The van der Waals surface area contributed by atoms with Gasteiger partial charge in [-0.05, 0) is 23.8 Å². The van der Waals surface area contributed by atoms with Gasteiger partial charge >= 0.3 is 0 Å². The van der Waals surface area contributed by atoms with Gasteiger partial charge in [0.1, 0.15) is 5.75 Å². The minimum atomic E-state index is -0.182. The molecule has 0 radical (unpaired) electrons. The van der Waals surface area contributed by atoms with Gasteiger partial charge in [-0.15, -0.1) is 0 Å². The van der Waals surface area contributed by atoms with Crippen LogP contribution in [0.15, 0.2) is 41.2 Å². The summed E-state index contributed by atoms with van der Waals surface area (Å²) in [6, 6.07) is 11.0. The van der Waals surface area contributed by atoms with E-state index in [1.807, 2.05) is 24.3 Å². The second-order valence-corrected chi connectivity index (χ2v) is 3.44. The Bertz CT molecular complexity index is 497. The fraction of sp³-hybridized carbons (Fsp3) is 0.167. The lowest BCUT2D eigenvalue weighted by atomic mass is 10.1. The summed E-state index contributed by atoms with van der Waals surface area (Å²) in [7, 11) is 1.64. The molecule has 0 amide bonds. The van der Waals surface area contributed by atoms with E-state index in [9.17, 15) is 4.79 Å². The molecular weight excluding hydrogens is 204 g/mol. The van der Waals surface area contributed by atoms with Crippen LogP contribution < -0.4 is 10.3 Å². The highest BCUT2D eigenvalue weighted by molar-refractivity contribution is 5.29. The zero-order valence-electron chi connectivity index (χ0n) is 8.93. The summed E-state index contributed by atoms with van der Waals surface area (Å²) >= 11 is 0. The highest BCUT2D eigenvalue weighted by Gasteiger charge is 1.98. The first-order valence-electron chi connectivity index (χ1n) is 4.95. The van der Waals surface area contributed by atoms with E-state index in [-0.39, 0.29) is 5.56 Å². The molecule has 1 aromatic heterocycles. The third kappa shape index (κ3) is 2.48. The maximum atomic E-state index is 10.8. The Labute approximate surface area is 92.9 Å². The number of aromatic amines is 1. The van der Waals surface area contributed by atoms with Gasteiger partial charge in [-0.1, -0.05) is 12.1 Å². The molecule has 1 N–H and O–H groups in total. The highest BCUT2D eigenvalue weighted by Crippen LogP contribution is 2.13. The molecule has 2 aromatic rings. The average Bonchev–Trinajstić information content (AvgIpc) is 2.33. The van der Waals surface area contributed by atoms with Crippen LogP contribution in [0.4, 0.5) is 0 Å². The molecule has 0 fully saturated rings. The van der Waals surface area contributed by atoms with Crippen LogP contribution in [0.25, 0.3) is 0 Å². The summed E-state index contributed by atoms with van der Waals surface area (Å²) in [5.74, 6) is 0.832. The van der Waals surface area contributed by atoms with Crippen molar-refractivity contribution in [3.8, 4) is 5.75 Å². The van der Waals surface area contributed by atoms with E-state index in [2.05, 4.69) is 10.2 Å². The maximum Gasteiger partial charge on any atom is 0.264 e. The number of hydrogen-bond donors (Lipinski definition) is 1. The average molecular weight is 216 g/mol. The molecule has 0 bridgehead atoms. The molecule has 82 valence electrons. The van der Waals surface area contributed by atoms with E-state index < -0.39 is 0 Å². The topological polar surface area (TPSA) is 55.0 Å². The summed E-state index contributed by atoms with van der Waals surface area (Å²) in [6.45, 7) is 0. The number of methoxy groups -OCH3 is 1. The molecule has 16 heavy (non-hydrogen) atoms. The van der Waals surface area contributed by atoms with Gasteiger partial charge in [0.15, 0.2) is 0 Å². The molecule has 0 aliphatic rings. The molecule has 0 saturated heterocycles. The first-order chi connectivity index (χ1) is 7.78. The first kappa shape index (κ1) is 10.4. The predicted molar refractivity (Wildman–Crippen MR) is 60.7 cm³/mol. The summed E-state index contributed by atoms with van der Waals surface area (Å²) in [5, 5.41) is 6.36. The Morgan fingerprint density at radius 3 is 2.50 bits per heavy atom. The van der Waals surface area contributed by atoms with Crippen molar-refractivity contribution in [1.29, 1.82) is 0 Å². The first-order valence-corrected chi connectivity index (χ1v) is 4.95. The predicted octanol–water partition coefficient (Wildman–Crippen LogP) is 1.37. The Kier molecular flexibility index (Phi) is 3.00. The molecule has 0 unspecified atom stereocenters. The van der Waals surface area contributed by atoms with E-state index in [0.29, 0.717) is 6.42 Å². The van der Waals surface area contributed by atoms with E-state index in [0.717, 1.165) is 17.0 Å². The van der Waals surface area contributed by atoms with Crippen LogP contribution in [0, 0.1) is 0 Å². The van der Waals surface area contributed by atoms with E-state index in [1.54, 1.807) is 13.2 Å². The minimum Gasteiger partial charge on any atom is -0.497 e. The second kappa shape index (κ2) is 4.61. The smallest absolute Gasteiger partial charge is 0.264 e. The Hall–Kier alpha value is -2.10. The quantitative estimate of drug-likeness (QED) is 0.843. The summed E-state index contributed by atoms with van der Waals surface area (Å²) in [4.78, 5) is 10.8. The van der Waals surface area contributed by atoms with Crippen LogP contribution in [0.1, 0.15) is 11.3 Å². The van der Waals surface area contributed by atoms with Crippen LogP contribution in [-0.4, -0.2) is 17.3 Å². The van der Waals surface area contributed by atoms with Crippen LogP contribution >= 0.6 is 0 Å². The Morgan fingerprint density at radius 1 is 1.19 bits per heavy atom. The van der Waals surface area contributed by atoms with Gasteiger partial charge in [-0.3, -0.25) is 4.79 Å². The lowest BCUT2D eigenvalue weighted by molar-refractivity contribution is 0.414. The van der Waals surface area contributed by atoms with Crippen molar-refractivity contribution < 1.29 is 4.74 Å². The van der Waals surface area contributed by atoms with Gasteiger partial charge in [0.2, 0.25) is 0 Å². The number of H-pyrrole nitrogens is 1. The van der Waals surface area contributed by atoms with Crippen LogP contribution in [-0.2, 0) is 6.42 Å². The van der Waals surface area contributed by atoms with Gasteiger partial charge in [0.05, 0.1) is 12.8 Å². The fourth-order valence-electron chi connectivity index (χ4n) is 1.42. The van der Waals surface area contributed by atoms with E-state index in [1.165, 1.54) is 6.07 Å². The monoisotopic (exact) mass is 216 g/mol. The summed E-state index contributed by atoms with van der Waals surface area (Å²) < 4.78 is 5.07. The van der Waals surface area contributed by atoms with Gasteiger partial charge in [0, 0.05) is 12.5 Å². The zero-order chi connectivity index (χ0) is 11.4. The zero-order valence-corrected chi connectivity index (χ0v) is 8.93. The highest BCUT2D eigenvalue weighted by atomic mass is 16.5. The van der Waals surface area contributed by atoms with E-state index >= 15 is 0 Å².